The average Bonchev–Trinajstić information content (AvgIpc) is 2.55. The maximum absolute atomic E-state index is 12.2. The van der Waals surface area contributed by atoms with Crippen molar-refractivity contribution in [3.8, 4) is 0 Å². The van der Waals surface area contributed by atoms with Crippen LogP contribution >= 0.6 is 11.6 Å². The highest BCUT2D eigenvalue weighted by Gasteiger charge is 2.26. The topological polar surface area (TPSA) is 57.7 Å². The van der Waals surface area contributed by atoms with Crippen LogP contribution in [0.5, 0.6) is 0 Å². The summed E-state index contributed by atoms with van der Waals surface area (Å²) in [5, 5.41) is 3.37. The Morgan fingerprint density at radius 1 is 1.48 bits per heavy atom. The van der Waals surface area contributed by atoms with Crippen molar-refractivity contribution in [2.75, 3.05) is 51.8 Å². The van der Waals surface area contributed by atoms with Gasteiger partial charge in [-0.15, -0.1) is 0 Å². The number of hydrogen-bond donors (Lipinski definition) is 1. The number of pyridine rings is 1. The van der Waals surface area contributed by atoms with E-state index < -0.39 is 0 Å². The molecular weight excluding hydrogens is 316 g/mol. The van der Waals surface area contributed by atoms with Gasteiger partial charge in [-0.2, -0.15) is 0 Å². The maximum atomic E-state index is 12.2. The Kier molecular flexibility index (Phi) is 7.23. The molecule has 1 aromatic heterocycles. The van der Waals surface area contributed by atoms with Crippen LogP contribution in [0, 0.1) is 0 Å². The van der Waals surface area contributed by atoms with Crippen molar-refractivity contribution in [3.05, 3.63) is 23.4 Å². The Balaban J connectivity index is 1.81. The highest BCUT2D eigenvalue weighted by Crippen LogP contribution is 2.13. The predicted octanol–water partition coefficient (Wildman–Crippen LogP) is 1.72. The molecule has 1 aliphatic rings. The summed E-state index contributed by atoms with van der Waals surface area (Å²) in [5.41, 5.74) is 0. The van der Waals surface area contributed by atoms with Gasteiger partial charge in [-0.3, -0.25) is 14.6 Å². The van der Waals surface area contributed by atoms with E-state index in [0.717, 1.165) is 39.2 Å². The molecule has 1 N–H and O–H groups in total. The Morgan fingerprint density at radius 3 is 2.96 bits per heavy atom. The molecule has 1 unspecified atom stereocenters. The predicted molar refractivity (Wildman–Crippen MR) is 91.8 cm³/mol. The first kappa shape index (κ1) is 18.1. The second-order valence-electron chi connectivity index (χ2n) is 5.74. The summed E-state index contributed by atoms with van der Waals surface area (Å²) in [6, 6.07) is 3.89. The first-order valence-electron chi connectivity index (χ1n) is 7.99. The average molecular weight is 341 g/mol. The van der Waals surface area contributed by atoms with Crippen LogP contribution in [-0.2, 0) is 9.53 Å². The van der Waals surface area contributed by atoms with Gasteiger partial charge in [-0.1, -0.05) is 18.5 Å². The molecule has 0 saturated carbocycles. The summed E-state index contributed by atoms with van der Waals surface area (Å²) in [5.74, 6) is 0.491. The largest absolute Gasteiger partial charge is 0.383 e. The minimum atomic E-state index is -0.0417. The first-order valence-corrected chi connectivity index (χ1v) is 8.37. The van der Waals surface area contributed by atoms with E-state index in [2.05, 4.69) is 27.0 Å². The Morgan fingerprint density at radius 2 is 2.30 bits per heavy atom. The third-order valence-electron chi connectivity index (χ3n) is 4.10. The van der Waals surface area contributed by atoms with Gasteiger partial charge in [0, 0.05) is 45.5 Å². The number of carbonyl (C=O) groups excluding carboxylic acids is 1. The number of amides is 1. The number of ether oxygens (including phenoxy) is 1. The molecule has 2 heterocycles. The van der Waals surface area contributed by atoms with Gasteiger partial charge < -0.3 is 10.1 Å². The summed E-state index contributed by atoms with van der Waals surface area (Å²) < 4.78 is 5.17. The molecule has 1 amide bonds. The van der Waals surface area contributed by atoms with Crippen molar-refractivity contribution in [3.63, 3.8) is 0 Å². The van der Waals surface area contributed by atoms with Gasteiger partial charge in [-0.25, -0.2) is 4.98 Å². The van der Waals surface area contributed by atoms with E-state index in [-0.39, 0.29) is 5.91 Å². The van der Waals surface area contributed by atoms with E-state index in [4.69, 9.17) is 16.3 Å². The van der Waals surface area contributed by atoms with E-state index in [0.29, 0.717) is 23.4 Å². The standard InChI is InChI=1S/C16H25ClN4O2/c1-3-14-11-20(6-7-21(14)8-9-23-2)12-16(22)19-15-5-4-13(17)10-18-15/h4-5,10,14H,3,6-9,11-12H2,1-2H3,(H,18,19,22). The fourth-order valence-corrected chi connectivity index (χ4v) is 2.94. The minimum Gasteiger partial charge on any atom is -0.383 e. The molecule has 1 atom stereocenters. The lowest BCUT2D eigenvalue weighted by Crippen LogP contribution is -2.54. The molecule has 128 valence electrons. The molecule has 0 aromatic carbocycles. The number of nitrogens with one attached hydrogen (secondary N) is 1. The lowest BCUT2D eigenvalue weighted by Gasteiger charge is -2.40. The molecule has 0 spiro atoms. The Labute approximate surface area is 142 Å². The van der Waals surface area contributed by atoms with Crippen molar-refractivity contribution in [2.45, 2.75) is 19.4 Å². The zero-order valence-electron chi connectivity index (χ0n) is 13.8. The fourth-order valence-electron chi connectivity index (χ4n) is 2.83. The van der Waals surface area contributed by atoms with Gasteiger partial charge in [0.25, 0.3) is 0 Å². The molecule has 6 nitrogen and oxygen atoms in total. The molecule has 0 aliphatic carbocycles. The number of carbonyl (C=O) groups is 1. The minimum absolute atomic E-state index is 0.0417. The van der Waals surface area contributed by atoms with Crippen molar-refractivity contribution in [1.82, 2.24) is 14.8 Å². The number of hydrogen-bond acceptors (Lipinski definition) is 5. The Hall–Kier alpha value is -1.21. The van der Waals surface area contributed by atoms with E-state index in [9.17, 15) is 4.79 Å². The number of rotatable bonds is 7. The fraction of sp³-hybridized carbons (Fsp3) is 0.625. The van der Waals surface area contributed by atoms with Crippen LogP contribution in [0.4, 0.5) is 5.82 Å². The van der Waals surface area contributed by atoms with Crippen LogP contribution in [0.1, 0.15) is 13.3 Å². The van der Waals surface area contributed by atoms with Gasteiger partial charge >= 0.3 is 0 Å². The number of nitrogens with zero attached hydrogens (tertiary/aromatic N) is 3. The monoisotopic (exact) mass is 340 g/mol. The van der Waals surface area contributed by atoms with Crippen molar-refractivity contribution < 1.29 is 9.53 Å². The number of halogens is 1. The maximum Gasteiger partial charge on any atom is 0.239 e. The Bertz CT molecular complexity index is 497. The third-order valence-corrected chi connectivity index (χ3v) is 4.33. The van der Waals surface area contributed by atoms with Crippen LogP contribution in [-0.4, -0.2) is 73.2 Å². The molecule has 1 aromatic rings. The number of anilines is 1. The first-order chi connectivity index (χ1) is 11.1. The van der Waals surface area contributed by atoms with Crippen LogP contribution in [0.25, 0.3) is 0 Å². The van der Waals surface area contributed by atoms with E-state index in [1.807, 2.05) is 0 Å². The van der Waals surface area contributed by atoms with E-state index in [1.165, 1.54) is 6.20 Å². The molecule has 7 heteroatoms. The van der Waals surface area contributed by atoms with Gasteiger partial charge in [-0.05, 0) is 18.6 Å². The molecule has 1 saturated heterocycles. The van der Waals surface area contributed by atoms with Crippen molar-refractivity contribution >= 4 is 23.3 Å². The van der Waals surface area contributed by atoms with Crippen molar-refractivity contribution in [1.29, 1.82) is 0 Å². The zero-order valence-corrected chi connectivity index (χ0v) is 14.6. The summed E-state index contributed by atoms with van der Waals surface area (Å²) >= 11 is 5.79. The number of methoxy groups -OCH3 is 1. The normalized spacial score (nSPS) is 19.7. The molecular formula is C16H25ClN4O2. The van der Waals surface area contributed by atoms with Gasteiger partial charge in [0.05, 0.1) is 18.2 Å². The molecule has 0 radical (unpaired) electrons. The third kappa shape index (κ3) is 5.73. The number of piperazine rings is 1. The molecule has 1 fully saturated rings. The summed E-state index contributed by atoms with van der Waals surface area (Å²) in [4.78, 5) is 20.9. The highest BCUT2D eigenvalue weighted by atomic mass is 35.5. The molecule has 2 rings (SSSR count). The quantitative estimate of drug-likeness (QED) is 0.819. The SMILES string of the molecule is CCC1CN(CC(=O)Nc2ccc(Cl)cn2)CCN1CCOC. The second kappa shape index (κ2) is 9.17. The summed E-state index contributed by atoms with van der Waals surface area (Å²) in [6.45, 7) is 7.03. The van der Waals surface area contributed by atoms with Crippen molar-refractivity contribution in [2.24, 2.45) is 0 Å². The van der Waals surface area contributed by atoms with Gasteiger partial charge in [0.15, 0.2) is 0 Å². The smallest absolute Gasteiger partial charge is 0.239 e. The second-order valence-corrected chi connectivity index (χ2v) is 6.17. The van der Waals surface area contributed by atoms with E-state index in [1.54, 1.807) is 19.2 Å². The van der Waals surface area contributed by atoms with Gasteiger partial charge in [0.2, 0.25) is 5.91 Å². The van der Waals surface area contributed by atoms with Crippen LogP contribution < -0.4 is 5.32 Å². The van der Waals surface area contributed by atoms with Crippen LogP contribution in [0.2, 0.25) is 5.02 Å². The zero-order chi connectivity index (χ0) is 16.7. The van der Waals surface area contributed by atoms with E-state index >= 15 is 0 Å². The number of aromatic nitrogens is 1. The molecule has 0 bridgehead atoms. The highest BCUT2D eigenvalue weighted by molar-refractivity contribution is 6.30. The summed E-state index contributed by atoms with van der Waals surface area (Å²) in [6.07, 6.45) is 2.60. The lowest BCUT2D eigenvalue weighted by atomic mass is 10.1. The molecule has 23 heavy (non-hydrogen) atoms. The summed E-state index contributed by atoms with van der Waals surface area (Å²) in [7, 11) is 1.73. The molecule has 1 aliphatic heterocycles. The van der Waals surface area contributed by atoms with Crippen LogP contribution in [0.15, 0.2) is 18.3 Å². The van der Waals surface area contributed by atoms with Gasteiger partial charge in [0.1, 0.15) is 5.82 Å². The van der Waals surface area contributed by atoms with Crippen LogP contribution in [0.3, 0.4) is 0 Å². The lowest BCUT2D eigenvalue weighted by molar-refractivity contribution is -0.118.